The van der Waals surface area contributed by atoms with E-state index in [-0.39, 0.29) is 17.0 Å². The molecule has 1 saturated carbocycles. The van der Waals surface area contributed by atoms with Crippen LogP contribution in [0.5, 0.6) is 0 Å². The molecule has 2 rings (SSSR count). The van der Waals surface area contributed by atoms with E-state index in [0.29, 0.717) is 11.7 Å². The van der Waals surface area contributed by atoms with Crippen molar-refractivity contribution in [3.05, 3.63) is 0 Å². The lowest BCUT2D eigenvalue weighted by Crippen LogP contribution is -2.52. The van der Waals surface area contributed by atoms with Crippen LogP contribution in [0.15, 0.2) is 0 Å². The van der Waals surface area contributed by atoms with Crippen molar-refractivity contribution in [3.63, 3.8) is 0 Å². The van der Waals surface area contributed by atoms with Gasteiger partial charge in [0.2, 0.25) is 0 Å². The van der Waals surface area contributed by atoms with Crippen molar-refractivity contribution >= 4 is 5.78 Å². The van der Waals surface area contributed by atoms with Gasteiger partial charge in [-0.3, -0.25) is 9.69 Å². The maximum atomic E-state index is 12.9. The molecule has 0 spiro atoms. The first-order valence-electron chi connectivity index (χ1n) is 7.93. The van der Waals surface area contributed by atoms with Gasteiger partial charge in [0.05, 0.1) is 6.04 Å². The molecule has 2 nitrogen and oxygen atoms in total. The van der Waals surface area contributed by atoms with Crippen molar-refractivity contribution in [2.75, 3.05) is 6.54 Å². The van der Waals surface area contributed by atoms with Crippen LogP contribution in [0.1, 0.15) is 67.2 Å². The average Bonchev–Trinajstić information content (AvgIpc) is 2.65. The van der Waals surface area contributed by atoms with Crippen molar-refractivity contribution in [2.24, 2.45) is 17.3 Å². The lowest BCUT2D eigenvalue weighted by molar-refractivity contribution is -0.134. The molecule has 1 aliphatic heterocycles. The second kappa shape index (κ2) is 4.87. The Morgan fingerprint density at radius 3 is 2.11 bits per heavy atom. The summed E-state index contributed by atoms with van der Waals surface area (Å²) in [6, 6.07) is 0.158. The molecule has 2 fully saturated rings. The Bertz CT molecular complexity index is 347. The van der Waals surface area contributed by atoms with Crippen LogP contribution in [0, 0.1) is 17.3 Å². The SMILES string of the molecule is CC(C)(C)C(=O)[C@@H]1[C@@H]2CCCC[C@@H]2CN1C(C)(C)C. The normalized spacial score (nSPS) is 33.3. The number of Topliss-reactive ketones (excluding diaryl/α,β-unsaturated/α-hetero) is 1. The molecule has 2 aliphatic rings. The Morgan fingerprint density at radius 2 is 1.58 bits per heavy atom. The first-order chi connectivity index (χ1) is 8.62. The van der Waals surface area contributed by atoms with Gasteiger partial charge in [-0.15, -0.1) is 0 Å². The molecular weight excluding hydrogens is 234 g/mol. The summed E-state index contributed by atoms with van der Waals surface area (Å²) in [4.78, 5) is 15.4. The monoisotopic (exact) mass is 265 g/mol. The summed E-state index contributed by atoms with van der Waals surface area (Å²) in [7, 11) is 0. The first-order valence-corrected chi connectivity index (χ1v) is 7.93. The predicted molar refractivity (Wildman–Crippen MR) is 80.2 cm³/mol. The van der Waals surface area contributed by atoms with E-state index >= 15 is 0 Å². The molecule has 0 unspecified atom stereocenters. The van der Waals surface area contributed by atoms with Crippen molar-refractivity contribution in [1.29, 1.82) is 0 Å². The molecule has 0 aromatic rings. The van der Waals surface area contributed by atoms with Gasteiger partial charge in [0.25, 0.3) is 0 Å². The van der Waals surface area contributed by atoms with Gasteiger partial charge in [0.1, 0.15) is 0 Å². The smallest absolute Gasteiger partial charge is 0.155 e. The fraction of sp³-hybridized carbons (Fsp3) is 0.941. The molecule has 2 heteroatoms. The Kier molecular flexibility index (Phi) is 3.85. The fourth-order valence-electron chi connectivity index (χ4n) is 3.95. The number of nitrogens with zero attached hydrogens (tertiary/aromatic N) is 1. The number of hydrogen-bond donors (Lipinski definition) is 0. The number of likely N-dealkylation sites (tertiary alicyclic amines) is 1. The Labute approximate surface area is 118 Å². The van der Waals surface area contributed by atoms with E-state index in [2.05, 4.69) is 46.4 Å². The van der Waals surface area contributed by atoms with Gasteiger partial charge < -0.3 is 0 Å². The third-order valence-electron chi connectivity index (χ3n) is 5.01. The average molecular weight is 265 g/mol. The molecule has 0 N–H and O–H groups in total. The number of fused-ring (bicyclic) bond motifs is 1. The second-order valence-corrected chi connectivity index (χ2v) is 8.59. The van der Waals surface area contributed by atoms with Crippen LogP contribution in [0.3, 0.4) is 0 Å². The van der Waals surface area contributed by atoms with Crippen LogP contribution in [-0.4, -0.2) is 28.8 Å². The van der Waals surface area contributed by atoms with Crippen LogP contribution >= 0.6 is 0 Å². The molecule has 0 radical (unpaired) electrons. The van der Waals surface area contributed by atoms with E-state index < -0.39 is 0 Å². The third-order valence-corrected chi connectivity index (χ3v) is 5.01. The highest BCUT2D eigenvalue weighted by atomic mass is 16.1. The highest BCUT2D eigenvalue weighted by molar-refractivity contribution is 5.89. The van der Waals surface area contributed by atoms with Crippen LogP contribution in [0.25, 0.3) is 0 Å². The summed E-state index contributed by atoms with van der Waals surface area (Å²) in [6.07, 6.45) is 5.25. The Hall–Kier alpha value is -0.370. The highest BCUT2D eigenvalue weighted by Crippen LogP contribution is 2.45. The van der Waals surface area contributed by atoms with Crippen molar-refractivity contribution < 1.29 is 4.79 Å². The van der Waals surface area contributed by atoms with Crippen LogP contribution in [0.2, 0.25) is 0 Å². The number of rotatable bonds is 1. The van der Waals surface area contributed by atoms with Crippen LogP contribution in [0.4, 0.5) is 0 Å². The van der Waals surface area contributed by atoms with E-state index in [1.54, 1.807) is 0 Å². The molecule has 110 valence electrons. The lowest BCUT2D eigenvalue weighted by Gasteiger charge is -2.40. The molecule has 19 heavy (non-hydrogen) atoms. The predicted octanol–water partition coefficient (Wildman–Crippen LogP) is 3.89. The number of carbonyl (C=O) groups excluding carboxylic acids is 1. The van der Waals surface area contributed by atoms with Gasteiger partial charge in [-0.2, -0.15) is 0 Å². The zero-order valence-corrected chi connectivity index (χ0v) is 13.6. The van der Waals surface area contributed by atoms with Crippen molar-refractivity contribution in [2.45, 2.75) is 78.8 Å². The van der Waals surface area contributed by atoms with E-state index in [1.165, 1.54) is 25.7 Å². The van der Waals surface area contributed by atoms with E-state index in [0.717, 1.165) is 12.5 Å². The molecule has 3 atom stereocenters. The second-order valence-electron chi connectivity index (χ2n) is 8.59. The standard InChI is InChI=1S/C17H31NO/c1-16(2,3)15(19)14-13-10-8-7-9-12(13)11-18(14)17(4,5)6/h12-14H,7-11H2,1-6H3/t12-,13-,14+/m1/s1. The number of carbonyl (C=O) groups is 1. The molecule has 1 heterocycles. The number of hydrogen-bond acceptors (Lipinski definition) is 2. The quantitative estimate of drug-likeness (QED) is 0.717. The van der Waals surface area contributed by atoms with Gasteiger partial charge in [-0.25, -0.2) is 0 Å². The van der Waals surface area contributed by atoms with Crippen LogP contribution in [-0.2, 0) is 4.79 Å². The maximum Gasteiger partial charge on any atom is 0.155 e. The highest BCUT2D eigenvalue weighted by Gasteiger charge is 2.51. The molecule has 1 saturated heterocycles. The molecule has 0 aromatic heterocycles. The topological polar surface area (TPSA) is 20.3 Å². The first kappa shape index (κ1) is 15.0. The van der Waals surface area contributed by atoms with E-state index in [9.17, 15) is 4.79 Å². The molecule has 1 aliphatic carbocycles. The summed E-state index contributed by atoms with van der Waals surface area (Å²) in [5, 5.41) is 0. The summed E-state index contributed by atoms with van der Waals surface area (Å²) in [6.45, 7) is 14.1. The van der Waals surface area contributed by atoms with Crippen LogP contribution < -0.4 is 0 Å². The molecule has 0 bridgehead atoms. The largest absolute Gasteiger partial charge is 0.297 e. The molecule has 0 amide bonds. The summed E-state index contributed by atoms with van der Waals surface area (Å²) < 4.78 is 0. The summed E-state index contributed by atoms with van der Waals surface area (Å²) in [5.41, 5.74) is -0.122. The minimum absolute atomic E-state index is 0.100. The zero-order valence-electron chi connectivity index (χ0n) is 13.6. The van der Waals surface area contributed by atoms with E-state index in [1.807, 2.05) is 0 Å². The maximum absolute atomic E-state index is 12.9. The minimum Gasteiger partial charge on any atom is -0.297 e. The summed E-state index contributed by atoms with van der Waals surface area (Å²) >= 11 is 0. The Balaban J connectivity index is 2.31. The lowest BCUT2D eigenvalue weighted by atomic mass is 9.73. The van der Waals surface area contributed by atoms with Gasteiger partial charge in [-0.05, 0) is 45.4 Å². The van der Waals surface area contributed by atoms with Crippen molar-refractivity contribution in [1.82, 2.24) is 4.90 Å². The van der Waals surface area contributed by atoms with Crippen molar-refractivity contribution in [3.8, 4) is 0 Å². The van der Waals surface area contributed by atoms with Gasteiger partial charge >= 0.3 is 0 Å². The van der Waals surface area contributed by atoms with Gasteiger partial charge in [0, 0.05) is 17.5 Å². The van der Waals surface area contributed by atoms with E-state index in [4.69, 9.17) is 0 Å². The molecule has 0 aromatic carbocycles. The fourth-order valence-corrected chi connectivity index (χ4v) is 3.95. The zero-order chi connectivity index (χ0) is 14.4. The molecular formula is C17H31NO. The number of ketones is 1. The summed E-state index contributed by atoms with van der Waals surface area (Å²) in [5.74, 6) is 1.82. The van der Waals surface area contributed by atoms with Gasteiger partial charge in [-0.1, -0.05) is 33.6 Å². The van der Waals surface area contributed by atoms with Gasteiger partial charge in [0.15, 0.2) is 5.78 Å². The minimum atomic E-state index is -0.222. The third kappa shape index (κ3) is 2.89. The Morgan fingerprint density at radius 1 is 1.00 bits per heavy atom.